The summed E-state index contributed by atoms with van der Waals surface area (Å²) in [4.78, 5) is 0. The molecular formula is C13H19BrN2O3S. The molecule has 0 radical (unpaired) electrons. The van der Waals surface area contributed by atoms with Crippen LogP contribution >= 0.6 is 15.9 Å². The van der Waals surface area contributed by atoms with E-state index >= 15 is 0 Å². The monoisotopic (exact) mass is 362 g/mol. The molecule has 0 saturated carbocycles. The van der Waals surface area contributed by atoms with E-state index in [4.69, 9.17) is 4.74 Å². The summed E-state index contributed by atoms with van der Waals surface area (Å²) in [7, 11) is -3.43. The first kappa shape index (κ1) is 15.9. The molecule has 0 bridgehead atoms. The predicted molar refractivity (Wildman–Crippen MR) is 82.0 cm³/mol. The van der Waals surface area contributed by atoms with Crippen LogP contribution in [-0.2, 0) is 21.5 Å². The maximum absolute atomic E-state index is 12.7. The summed E-state index contributed by atoms with van der Waals surface area (Å²) in [5.41, 5.74) is 0.991. The molecule has 20 heavy (non-hydrogen) atoms. The summed E-state index contributed by atoms with van der Waals surface area (Å²) in [5.74, 6) is 0. The Labute approximate surface area is 128 Å². The number of morpholine rings is 1. The summed E-state index contributed by atoms with van der Waals surface area (Å²) in [6, 6.07) is 9.65. The molecule has 1 fully saturated rings. The van der Waals surface area contributed by atoms with Crippen molar-refractivity contribution in [2.75, 3.05) is 38.2 Å². The Morgan fingerprint density at radius 3 is 2.45 bits per heavy atom. The van der Waals surface area contributed by atoms with Crippen LogP contribution in [0.4, 0.5) is 0 Å². The second kappa shape index (κ2) is 7.51. The normalized spacial score (nSPS) is 17.5. The molecule has 1 aromatic carbocycles. The number of hydrogen-bond donors (Lipinski definition) is 0. The van der Waals surface area contributed by atoms with Crippen molar-refractivity contribution in [1.29, 1.82) is 0 Å². The van der Waals surface area contributed by atoms with Crippen molar-refractivity contribution in [2.45, 2.75) is 6.54 Å². The van der Waals surface area contributed by atoms with Crippen LogP contribution in [0.3, 0.4) is 0 Å². The van der Waals surface area contributed by atoms with Gasteiger partial charge in [0, 0.05) is 31.5 Å². The van der Waals surface area contributed by atoms with Gasteiger partial charge in [-0.05, 0) is 5.56 Å². The Bertz CT molecular complexity index is 504. The molecule has 112 valence electrons. The van der Waals surface area contributed by atoms with Gasteiger partial charge in [-0.1, -0.05) is 46.3 Å². The molecule has 5 nitrogen and oxygen atoms in total. The fraction of sp³-hybridized carbons (Fsp3) is 0.538. The van der Waals surface area contributed by atoms with Gasteiger partial charge >= 0.3 is 0 Å². The molecule has 1 aliphatic rings. The number of rotatable bonds is 6. The van der Waals surface area contributed by atoms with Gasteiger partial charge in [-0.15, -0.1) is 0 Å². The van der Waals surface area contributed by atoms with Gasteiger partial charge in [0.05, 0.1) is 13.2 Å². The fourth-order valence-electron chi connectivity index (χ4n) is 2.10. The highest BCUT2D eigenvalue weighted by Crippen LogP contribution is 2.15. The number of ether oxygens (including phenoxy) is 1. The molecule has 1 saturated heterocycles. The number of benzene rings is 1. The molecule has 1 aromatic rings. The molecule has 1 aliphatic heterocycles. The zero-order chi connectivity index (χ0) is 14.4. The van der Waals surface area contributed by atoms with Crippen LogP contribution in [0.25, 0.3) is 0 Å². The van der Waals surface area contributed by atoms with Crippen molar-refractivity contribution in [3.63, 3.8) is 0 Å². The highest BCUT2D eigenvalue weighted by atomic mass is 79.9. The first-order valence-corrected chi connectivity index (χ1v) is 9.09. The Hall–Kier alpha value is -0.470. The van der Waals surface area contributed by atoms with E-state index in [1.54, 1.807) is 0 Å². The minimum absolute atomic E-state index is 0.395. The lowest BCUT2D eigenvalue weighted by atomic mass is 10.2. The number of alkyl halides is 1. The Morgan fingerprint density at radius 1 is 1.20 bits per heavy atom. The van der Waals surface area contributed by atoms with Gasteiger partial charge in [0.25, 0.3) is 10.2 Å². The summed E-state index contributed by atoms with van der Waals surface area (Å²) in [6.45, 7) is 2.63. The molecule has 0 aromatic heterocycles. The maximum atomic E-state index is 12.7. The van der Waals surface area contributed by atoms with Gasteiger partial charge < -0.3 is 4.74 Å². The zero-order valence-corrected chi connectivity index (χ0v) is 13.6. The first-order valence-electron chi connectivity index (χ1n) is 6.57. The largest absolute Gasteiger partial charge is 0.379 e. The third-order valence-corrected chi connectivity index (χ3v) is 5.49. The van der Waals surface area contributed by atoms with Gasteiger partial charge in [-0.2, -0.15) is 17.0 Å². The van der Waals surface area contributed by atoms with E-state index in [9.17, 15) is 8.42 Å². The maximum Gasteiger partial charge on any atom is 0.282 e. The topological polar surface area (TPSA) is 49.9 Å². The summed E-state index contributed by atoms with van der Waals surface area (Å²) in [5, 5.41) is 0.614. The summed E-state index contributed by atoms with van der Waals surface area (Å²) in [6.07, 6.45) is 0. The van der Waals surface area contributed by atoms with Crippen molar-refractivity contribution >= 4 is 26.1 Å². The standard InChI is InChI=1S/C13H19BrN2O3S/c14-6-7-16(12-13-4-2-1-3-5-13)20(17,18)15-8-10-19-11-9-15/h1-5H,6-12H2. The lowest BCUT2D eigenvalue weighted by Gasteiger charge is -2.31. The lowest BCUT2D eigenvalue weighted by molar-refractivity contribution is 0.0701. The van der Waals surface area contributed by atoms with Crippen LogP contribution in [0.15, 0.2) is 30.3 Å². The van der Waals surface area contributed by atoms with Crippen molar-refractivity contribution in [3.8, 4) is 0 Å². The second-order valence-electron chi connectivity index (χ2n) is 4.53. The van der Waals surface area contributed by atoms with Gasteiger partial charge in [-0.3, -0.25) is 0 Å². The van der Waals surface area contributed by atoms with Crippen LogP contribution < -0.4 is 0 Å². The highest BCUT2D eigenvalue weighted by molar-refractivity contribution is 9.09. The van der Waals surface area contributed by atoms with Gasteiger partial charge in [-0.25, -0.2) is 0 Å². The molecule has 0 aliphatic carbocycles. The lowest BCUT2D eigenvalue weighted by Crippen LogP contribution is -2.48. The quantitative estimate of drug-likeness (QED) is 0.719. The fourth-order valence-corrected chi connectivity index (χ4v) is 4.33. The minimum atomic E-state index is -3.43. The third kappa shape index (κ3) is 4.02. The van der Waals surface area contributed by atoms with E-state index in [2.05, 4.69) is 15.9 Å². The van der Waals surface area contributed by atoms with Gasteiger partial charge in [0.1, 0.15) is 0 Å². The summed E-state index contributed by atoms with van der Waals surface area (Å²) >= 11 is 3.33. The van der Waals surface area contributed by atoms with Crippen LogP contribution in [0.1, 0.15) is 5.56 Å². The first-order chi connectivity index (χ1) is 9.64. The molecule has 2 rings (SSSR count). The van der Waals surface area contributed by atoms with Crippen LogP contribution in [0, 0.1) is 0 Å². The molecule has 0 unspecified atom stereocenters. The second-order valence-corrected chi connectivity index (χ2v) is 7.25. The molecule has 1 heterocycles. The average molecular weight is 363 g/mol. The molecule has 0 atom stereocenters. The molecule has 0 spiro atoms. The van der Waals surface area contributed by atoms with Crippen LogP contribution in [0.5, 0.6) is 0 Å². The van der Waals surface area contributed by atoms with Crippen molar-refractivity contribution < 1.29 is 13.2 Å². The highest BCUT2D eigenvalue weighted by Gasteiger charge is 2.30. The minimum Gasteiger partial charge on any atom is -0.379 e. The Kier molecular flexibility index (Phi) is 5.98. The zero-order valence-electron chi connectivity index (χ0n) is 11.2. The predicted octanol–water partition coefficient (Wildman–Crippen LogP) is 1.46. The van der Waals surface area contributed by atoms with Crippen LogP contribution in [0.2, 0.25) is 0 Å². The van der Waals surface area contributed by atoms with E-state index in [0.29, 0.717) is 44.7 Å². The van der Waals surface area contributed by atoms with Crippen molar-refractivity contribution in [1.82, 2.24) is 8.61 Å². The van der Waals surface area contributed by atoms with E-state index in [0.717, 1.165) is 5.56 Å². The van der Waals surface area contributed by atoms with E-state index in [1.165, 1.54) is 8.61 Å². The molecule has 0 N–H and O–H groups in total. The van der Waals surface area contributed by atoms with Crippen molar-refractivity contribution in [3.05, 3.63) is 35.9 Å². The van der Waals surface area contributed by atoms with Crippen LogP contribution in [-0.4, -0.2) is 55.2 Å². The smallest absolute Gasteiger partial charge is 0.282 e. The van der Waals surface area contributed by atoms with E-state index < -0.39 is 10.2 Å². The van der Waals surface area contributed by atoms with Gasteiger partial charge in [0.15, 0.2) is 0 Å². The SMILES string of the molecule is O=S(=O)(N1CCOCC1)N(CCBr)Cc1ccccc1. The molecule has 7 heteroatoms. The number of hydrogen-bond acceptors (Lipinski definition) is 3. The Morgan fingerprint density at radius 2 is 1.85 bits per heavy atom. The van der Waals surface area contributed by atoms with Gasteiger partial charge in [0.2, 0.25) is 0 Å². The Balaban J connectivity index is 2.14. The average Bonchev–Trinajstić information content (AvgIpc) is 2.49. The van der Waals surface area contributed by atoms with E-state index in [1.807, 2.05) is 30.3 Å². The van der Waals surface area contributed by atoms with E-state index in [-0.39, 0.29) is 0 Å². The summed E-state index contributed by atoms with van der Waals surface area (Å²) < 4.78 is 33.5. The third-order valence-electron chi connectivity index (χ3n) is 3.16. The molecular weight excluding hydrogens is 344 g/mol. The number of halogens is 1. The number of nitrogens with zero attached hydrogens (tertiary/aromatic N) is 2. The van der Waals surface area contributed by atoms with Crippen molar-refractivity contribution in [2.24, 2.45) is 0 Å². The molecule has 0 amide bonds.